The van der Waals surface area contributed by atoms with Crippen molar-refractivity contribution in [2.75, 3.05) is 13.2 Å². The van der Waals surface area contributed by atoms with Crippen LogP contribution in [0.3, 0.4) is 0 Å². The van der Waals surface area contributed by atoms with Crippen LogP contribution in [0.25, 0.3) is 0 Å². The van der Waals surface area contributed by atoms with E-state index >= 15 is 0 Å². The Kier molecular flexibility index (Phi) is 3.12. The van der Waals surface area contributed by atoms with Crippen LogP contribution in [0.15, 0.2) is 11.8 Å². The van der Waals surface area contributed by atoms with Crippen LogP contribution in [-0.4, -0.2) is 23.9 Å². The molecule has 0 fully saturated rings. The predicted octanol–water partition coefficient (Wildman–Crippen LogP) is 0.781. The van der Waals surface area contributed by atoms with Crippen molar-refractivity contribution < 1.29 is 9.84 Å². The summed E-state index contributed by atoms with van der Waals surface area (Å²) in [5, 5.41) is 9.98. The molecule has 3 N–H and O–H groups in total. The van der Waals surface area contributed by atoms with Gasteiger partial charge in [0, 0.05) is 6.54 Å². The number of rotatable bonds is 3. The van der Waals surface area contributed by atoms with Crippen LogP contribution in [-0.2, 0) is 4.74 Å². The first-order chi connectivity index (χ1) is 5.73. The van der Waals surface area contributed by atoms with Gasteiger partial charge in [0.05, 0.1) is 12.9 Å². The second-order valence-corrected chi connectivity index (χ2v) is 3.21. The quantitative estimate of drug-likeness (QED) is 0.659. The van der Waals surface area contributed by atoms with Crippen molar-refractivity contribution in [2.45, 2.75) is 31.8 Å². The Morgan fingerprint density at radius 3 is 2.92 bits per heavy atom. The van der Waals surface area contributed by atoms with E-state index in [1.165, 1.54) is 0 Å². The van der Waals surface area contributed by atoms with E-state index < -0.39 is 5.60 Å². The molecule has 1 aliphatic heterocycles. The molecule has 1 rings (SSSR count). The molecule has 0 radical (unpaired) electrons. The third kappa shape index (κ3) is 1.79. The Morgan fingerprint density at radius 2 is 2.50 bits per heavy atom. The minimum Gasteiger partial charge on any atom is -0.501 e. The van der Waals surface area contributed by atoms with Crippen LogP contribution in [0, 0.1) is 0 Å². The number of nitrogens with two attached hydrogens (primary N) is 1. The third-order valence-corrected chi connectivity index (χ3v) is 2.45. The molecule has 0 aromatic rings. The highest BCUT2D eigenvalue weighted by Crippen LogP contribution is 2.26. The van der Waals surface area contributed by atoms with Crippen molar-refractivity contribution in [1.82, 2.24) is 0 Å². The smallest absolute Gasteiger partial charge is 0.101 e. The van der Waals surface area contributed by atoms with Crippen molar-refractivity contribution in [3.05, 3.63) is 11.8 Å². The van der Waals surface area contributed by atoms with Gasteiger partial charge in [-0.3, -0.25) is 0 Å². The fourth-order valence-electron chi connectivity index (χ4n) is 1.41. The molecule has 1 unspecified atom stereocenters. The maximum atomic E-state index is 9.98. The molecule has 12 heavy (non-hydrogen) atoms. The van der Waals surface area contributed by atoms with Gasteiger partial charge < -0.3 is 15.6 Å². The van der Waals surface area contributed by atoms with Gasteiger partial charge >= 0.3 is 0 Å². The fourth-order valence-corrected chi connectivity index (χ4v) is 1.41. The second-order valence-electron chi connectivity index (χ2n) is 3.21. The summed E-state index contributed by atoms with van der Waals surface area (Å²) in [5.74, 6) is 0. The van der Waals surface area contributed by atoms with E-state index in [-0.39, 0.29) is 6.54 Å². The molecule has 0 saturated heterocycles. The number of ether oxygens (including phenoxy) is 1. The summed E-state index contributed by atoms with van der Waals surface area (Å²) >= 11 is 0. The Morgan fingerprint density at radius 1 is 1.75 bits per heavy atom. The minimum atomic E-state index is -0.833. The molecular weight excluding hydrogens is 154 g/mol. The highest BCUT2D eigenvalue weighted by atomic mass is 16.5. The zero-order valence-electron chi connectivity index (χ0n) is 7.55. The van der Waals surface area contributed by atoms with Crippen LogP contribution in [0.5, 0.6) is 0 Å². The molecule has 0 aromatic heterocycles. The van der Waals surface area contributed by atoms with Gasteiger partial charge in [-0.15, -0.1) is 0 Å². The first kappa shape index (κ1) is 9.55. The average molecular weight is 171 g/mol. The van der Waals surface area contributed by atoms with E-state index in [2.05, 4.69) is 0 Å². The van der Waals surface area contributed by atoms with Gasteiger partial charge in [0.15, 0.2) is 0 Å². The normalized spacial score (nSPS) is 22.4. The maximum absolute atomic E-state index is 9.98. The molecule has 3 heteroatoms. The predicted molar refractivity (Wildman–Crippen MR) is 47.6 cm³/mol. The first-order valence-corrected chi connectivity index (χ1v) is 4.46. The molecule has 0 aromatic carbocycles. The van der Waals surface area contributed by atoms with Crippen LogP contribution in [0.4, 0.5) is 0 Å². The van der Waals surface area contributed by atoms with E-state index in [4.69, 9.17) is 10.5 Å². The molecule has 3 nitrogen and oxygen atoms in total. The molecular formula is C9H17NO2. The molecule has 1 heterocycles. The zero-order chi connectivity index (χ0) is 9.03. The van der Waals surface area contributed by atoms with Crippen LogP contribution in [0.2, 0.25) is 0 Å². The first-order valence-electron chi connectivity index (χ1n) is 4.46. The number of aliphatic hydroxyl groups is 1. The molecule has 0 amide bonds. The lowest BCUT2D eigenvalue weighted by Crippen LogP contribution is -2.39. The largest absolute Gasteiger partial charge is 0.501 e. The summed E-state index contributed by atoms with van der Waals surface area (Å²) in [5.41, 5.74) is 5.61. The molecule has 0 bridgehead atoms. The summed E-state index contributed by atoms with van der Waals surface area (Å²) in [4.78, 5) is 0. The van der Waals surface area contributed by atoms with Crippen molar-refractivity contribution in [3.63, 3.8) is 0 Å². The van der Waals surface area contributed by atoms with Gasteiger partial charge in [-0.2, -0.15) is 0 Å². The van der Waals surface area contributed by atoms with Crippen molar-refractivity contribution >= 4 is 0 Å². The summed E-state index contributed by atoms with van der Waals surface area (Å²) in [6, 6.07) is 0. The molecule has 1 aliphatic rings. The van der Waals surface area contributed by atoms with Gasteiger partial charge in [0.2, 0.25) is 0 Å². The SMILES string of the molecule is CCC(O)(CN)C1=COCCC1. The molecule has 70 valence electrons. The lowest BCUT2D eigenvalue weighted by molar-refractivity contribution is 0.0667. The monoisotopic (exact) mass is 171 g/mol. The lowest BCUT2D eigenvalue weighted by Gasteiger charge is -2.30. The van der Waals surface area contributed by atoms with E-state index in [9.17, 15) is 5.11 Å². The molecule has 0 spiro atoms. The number of hydrogen-bond donors (Lipinski definition) is 2. The zero-order valence-corrected chi connectivity index (χ0v) is 7.55. The number of hydrogen-bond acceptors (Lipinski definition) is 3. The maximum Gasteiger partial charge on any atom is 0.101 e. The lowest BCUT2D eigenvalue weighted by atomic mass is 9.88. The fraction of sp³-hybridized carbons (Fsp3) is 0.778. The van der Waals surface area contributed by atoms with Gasteiger partial charge in [-0.25, -0.2) is 0 Å². The van der Waals surface area contributed by atoms with Gasteiger partial charge in [-0.05, 0) is 24.8 Å². The highest BCUT2D eigenvalue weighted by Gasteiger charge is 2.29. The van der Waals surface area contributed by atoms with Crippen LogP contribution in [0.1, 0.15) is 26.2 Å². The standard InChI is InChI=1S/C9H17NO2/c1-2-9(11,7-10)8-4-3-5-12-6-8/h6,11H,2-5,7,10H2,1H3. The summed E-state index contributed by atoms with van der Waals surface area (Å²) in [6.07, 6.45) is 4.20. The second kappa shape index (κ2) is 3.92. The topological polar surface area (TPSA) is 55.5 Å². The van der Waals surface area contributed by atoms with Gasteiger partial charge in [-0.1, -0.05) is 6.92 Å². The Balaban J connectivity index is 2.70. The minimum absolute atomic E-state index is 0.276. The summed E-state index contributed by atoms with van der Waals surface area (Å²) < 4.78 is 5.15. The van der Waals surface area contributed by atoms with Crippen molar-refractivity contribution in [2.24, 2.45) is 5.73 Å². The van der Waals surface area contributed by atoms with Gasteiger partial charge in [0.1, 0.15) is 5.60 Å². The molecule has 0 aliphatic carbocycles. The van der Waals surface area contributed by atoms with E-state index in [1.54, 1.807) is 6.26 Å². The average Bonchev–Trinajstić information content (AvgIpc) is 2.18. The van der Waals surface area contributed by atoms with Crippen LogP contribution < -0.4 is 5.73 Å². The van der Waals surface area contributed by atoms with Gasteiger partial charge in [0.25, 0.3) is 0 Å². The van der Waals surface area contributed by atoms with Crippen molar-refractivity contribution in [1.29, 1.82) is 0 Å². The Hall–Kier alpha value is -0.540. The van der Waals surface area contributed by atoms with Crippen LogP contribution >= 0.6 is 0 Å². The molecule has 0 saturated carbocycles. The summed E-state index contributed by atoms with van der Waals surface area (Å²) in [7, 11) is 0. The Bertz CT molecular complexity index is 173. The Labute approximate surface area is 73.2 Å². The van der Waals surface area contributed by atoms with E-state index in [1.807, 2.05) is 6.92 Å². The van der Waals surface area contributed by atoms with E-state index in [0.717, 1.165) is 25.0 Å². The van der Waals surface area contributed by atoms with Crippen molar-refractivity contribution in [3.8, 4) is 0 Å². The molecule has 1 atom stereocenters. The summed E-state index contributed by atoms with van der Waals surface area (Å²) in [6.45, 7) is 2.97. The highest BCUT2D eigenvalue weighted by molar-refractivity contribution is 5.16. The van der Waals surface area contributed by atoms with E-state index in [0.29, 0.717) is 6.42 Å². The third-order valence-electron chi connectivity index (χ3n) is 2.45.